The van der Waals surface area contributed by atoms with Gasteiger partial charge in [0.15, 0.2) is 0 Å². The summed E-state index contributed by atoms with van der Waals surface area (Å²) in [5.41, 5.74) is 0. The van der Waals surface area contributed by atoms with Crippen molar-refractivity contribution in [2.45, 2.75) is 0 Å². The second-order valence-electron chi connectivity index (χ2n) is 0. The predicted octanol–water partition coefficient (Wildman–Crippen LogP) is -4.19. The summed E-state index contributed by atoms with van der Waals surface area (Å²) >= 11 is 0.125. The fraction of sp³-hybridized carbons (Fsp3) is 0. The molecule has 0 aromatic rings. The molecule has 0 radical (unpaired) electrons. The van der Waals surface area contributed by atoms with Crippen LogP contribution in [0.3, 0.4) is 0 Å². The Bertz CT molecular complexity index is 11.6. The summed E-state index contributed by atoms with van der Waals surface area (Å²) in [4.78, 5) is 0. The van der Waals surface area contributed by atoms with E-state index in [4.69, 9.17) is 3.57 Å². The first kappa shape index (κ1) is 15.8. The van der Waals surface area contributed by atoms with Crippen LogP contribution in [0.15, 0.2) is 0 Å². The summed E-state index contributed by atoms with van der Waals surface area (Å²) in [5.74, 6) is 0. The summed E-state index contributed by atoms with van der Waals surface area (Å²) in [5, 5.41) is 0. The van der Waals surface area contributed by atoms with E-state index in [1.54, 1.807) is 0 Å². The molecule has 0 saturated heterocycles. The van der Waals surface area contributed by atoms with Gasteiger partial charge >= 0.3 is 99.1 Å². The minimum atomic E-state index is 0. The third-order valence-electron chi connectivity index (χ3n) is 0. The molecule has 0 aromatic heterocycles. The third-order valence-corrected chi connectivity index (χ3v) is 0. The van der Waals surface area contributed by atoms with E-state index < -0.39 is 0 Å². The van der Waals surface area contributed by atoms with Crippen molar-refractivity contribution in [2.75, 3.05) is 0 Å². The Labute approximate surface area is 97.9 Å². The van der Waals surface area contributed by atoms with E-state index in [1.165, 1.54) is 0 Å². The molecule has 0 unspecified atom stereocenters. The molecule has 0 fully saturated rings. The van der Waals surface area contributed by atoms with Crippen molar-refractivity contribution >= 4 is 25.8 Å². The fourth-order valence-electron chi connectivity index (χ4n) is 0. The van der Waals surface area contributed by atoms with Crippen LogP contribution in [0.2, 0.25) is 0 Å². The molecule has 0 saturated carbocycles. The van der Waals surface area contributed by atoms with Gasteiger partial charge in [0.25, 0.3) is 0 Å². The van der Waals surface area contributed by atoms with E-state index >= 15 is 0 Å². The van der Waals surface area contributed by atoms with Gasteiger partial charge in [0.2, 0.25) is 0 Å². The maximum absolute atomic E-state index is 8.38. The van der Waals surface area contributed by atoms with Gasteiger partial charge in [0.1, 0.15) is 0 Å². The van der Waals surface area contributed by atoms with Crippen molar-refractivity contribution in [3.8, 4) is 0 Å². The Morgan fingerprint density at radius 3 is 1.50 bits per heavy atom. The van der Waals surface area contributed by atoms with Crippen LogP contribution in [0.4, 0.5) is 0 Å². The van der Waals surface area contributed by atoms with Crippen molar-refractivity contribution in [3.63, 3.8) is 0 Å². The van der Waals surface area contributed by atoms with Gasteiger partial charge in [-0.3, -0.25) is 0 Å². The van der Waals surface area contributed by atoms with E-state index in [-0.39, 0.29) is 96.9 Å². The molecule has 0 bridgehead atoms. The molecule has 0 rings (SSSR count). The van der Waals surface area contributed by atoms with Crippen molar-refractivity contribution in [2.24, 2.45) is 0 Å². The van der Waals surface area contributed by atoms with E-state index in [0.29, 0.717) is 0 Å². The summed E-state index contributed by atoms with van der Waals surface area (Å²) in [6, 6.07) is 0. The second kappa shape index (κ2) is 16.8. The van der Waals surface area contributed by atoms with Gasteiger partial charge in [0.05, 0.1) is 0 Å². The normalized spacial score (nSPS) is 1.50. The summed E-state index contributed by atoms with van der Waals surface area (Å²) in [7, 11) is 0. The maximum atomic E-state index is 8.38. The zero-order valence-corrected chi connectivity index (χ0v) is 8.21. The first-order chi connectivity index (χ1) is 1.00. The predicted molar refractivity (Wildman–Crippen MR) is 11.7 cm³/mol. The van der Waals surface area contributed by atoms with Crippen molar-refractivity contribution in [1.29, 1.82) is 0 Å². The first-order valence-corrected chi connectivity index (χ1v) is 1.50. The monoisotopic (exact) mass is 238 g/mol. The molecule has 4 heteroatoms. The van der Waals surface area contributed by atoms with Gasteiger partial charge in [-0.2, -0.15) is 0 Å². The molecule has 0 spiro atoms. The molecular weight excluding hydrogens is 235 g/mol. The van der Waals surface area contributed by atoms with Gasteiger partial charge in [-0.15, -0.1) is 0 Å². The van der Waals surface area contributed by atoms with Crippen LogP contribution < -0.4 is 51.4 Å². The van der Waals surface area contributed by atoms with Gasteiger partial charge in [-0.25, -0.2) is 0 Å². The van der Waals surface area contributed by atoms with E-state index in [9.17, 15) is 0 Å². The Balaban J connectivity index is -0.00000000167. The number of hydrogen-bond acceptors (Lipinski definition) is 1. The van der Waals surface area contributed by atoms with E-state index in [1.807, 2.05) is 0 Å². The van der Waals surface area contributed by atoms with E-state index in [2.05, 4.69) is 0 Å². The average molecular weight is 239 g/mol. The molecule has 0 atom stereocenters. The Hall–Kier alpha value is 2.93. The Morgan fingerprint density at radius 2 is 1.50 bits per heavy atom. The van der Waals surface area contributed by atoms with Gasteiger partial charge in [0, 0.05) is 0 Å². The molecule has 0 aromatic carbocycles. The van der Waals surface area contributed by atoms with Crippen LogP contribution in [-0.2, 0) is 21.8 Å². The third kappa shape index (κ3) is 8.87. The van der Waals surface area contributed by atoms with Crippen LogP contribution in [0.5, 0.6) is 0 Å². The summed E-state index contributed by atoms with van der Waals surface area (Å²) in [6.07, 6.45) is 0. The zero-order chi connectivity index (χ0) is 2.00. The molecule has 0 amide bonds. The van der Waals surface area contributed by atoms with Crippen LogP contribution in [0.1, 0.15) is 1.43 Å². The molecule has 4 heavy (non-hydrogen) atoms. The molecule has 0 aliphatic rings. The first-order valence-electron chi connectivity index (χ1n) is 0.289. The Morgan fingerprint density at radius 1 is 1.50 bits per heavy atom. The van der Waals surface area contributed by atoms with Crippen LogP contribution >= 0.6 is 0 Å². The molecule has 1 nitrogen and oxygen atoms in total. The van der Waals surface area contributed by atoms with Crippen molar-refractivity contribution in [3.05, 3.63) is 0 Å². The minimum absolute atomic E-state index is 0. The zero-order valence-electron chi connectivity index (χ0n) is 3.12. The quantitative estimate of drug-likeness (QED) is 0.392. The second-order valence-corrected chi connectivity index (χ2v) is 0. The van der Waals surface area contributed by atoms with Crippen LogP contribution in [-0.4, -0.2) is 25.8 Å². The van der Waals surface area contributed by atoms with Crippen molar-refractivity contribution < 1.29 is 74.6 Å². The molecule has 0 heterocycles. The van der Waals surface area contributed by atoms with Crippen LogP contribution in [0.25, 0.3) is 0 Å². The van der Waals surface area contributed by atoms with Gasteiger partial charge in [-0.05, 0) is 0 Å². The molecular formula is H4InKOZn. The number of hydrogen-bond donors (Lipinski definition) is 0. The standard InChI is InChI=1S/In.K.O.Zn.4H/q;+1;;;;;;-1. The van der Waals surface area contributed by atoms with E-state index in [0.717, 1.165) is 0 Å². The van der Waals surface area contributed by atoms with Gasteiger partial charge < -0.3 is 1.43 Å². The topological polar surface area (TPSA) is 17.1 Å². The summed E-state index contributed by atoms with van der Waals surface area (Å²) < 4.78 is 8.38. The SMILES string of the molecule is [H-].[InH3].[K+].[O]=[Zn]. The Kier molecular flexibility index (Phi) is 66.2. The summed E-state index contributed by atoms with van der Waals surface area (Å²) in [6.45, 7) is 0. The molecule has 16 valence electrons. The molecule has 0 aliphatic heterocycles. The van der Waals surface area contributed by atoms with Gasteiger partial charge in [-0.1, -0.05) is 0 Å². The average Bonchev–Trinajstić information content (AvgIpc) is 1.00. The molecule has 0 N–H and O–H groups in total. The van der Waals surface area contributed by atoms with Crippen molar-refractivity contribution in [1.82, 2.24) is 0 Å². The number of rotatable bonds is 0. The molecule has 0 aliphatic carbocycles. The fourth-order valence-corrected chi connectivity index (χ4v) is 0. The van der Waals surface area contributed by atoms with Crippen LogP contribution in [0, 0.1) is 0 Å².